The number of halogens is 1. The van der Waals surface area contributed by atoms with Gasteiger partial charge in [-0.05, 0) is 38.9 Å². The van der Waals surface area contributed by atoms with Gasteiger partial charge in [0.05, 0.1) is 9.95 Å². The number of hydrogen-bond donors (Lipinski definition) is 2. The van der Waals surface area contributed by atoms with E-state index in [1.165, 1.54) is 0 Å². The van der Waals surface area contributed by atoms with Gasteiger partial charge in [-0.15, -0.1) is 0 Å². The van der Waals surface area contributed by atoms with Crippen molar-refractivity contribution in [3.63, 3.8) is 0 Å². The molecular formula is C12H16ClN3O4S. The first-order valence-electron chi connectivity index (χ1n) is 6.42. The number of hydrogen-bond acceptors (Lipinski definition) is 5. The van der Waals surface area contributed by atoms with Crippen molar-refractivity contribution in [3.05, 3.63) is 33.3 Å². The molecule has 0 radical (unpaired) electrons. The van der Waals surface area contributed by atoms with Crippen molar-refractivity contribution in [2.75, 3.05) is 13.1 Å². The van der Waals surface area contributed by atoms with Crippen LogP contribution in [-0.4, -0.2) is 32.0 Å². The minimum Gasteiger partial charge on any atom is -0.317 e. The van der Waals surface area contributed by atoms with Gasteiger partial charge in [-0.3, -0.25) is 10.1 Å². The molecular weight excluding hydrogens is 318 g/mol. The highest BCUT2D eigenvalue weighted by molar-refractivity contribution is 7.89. The van der Waals surface area contributed by atoms with E-state index in [4.69, 9.17) is 11.6 Å². The summed E-state index contributed by atoms with van der Waals surface area (Å²) in [4.78, 5) is 9.89. The van der Waals surface area contributed by atoms with Gasteiger partial charge < -0.3 is 5.32 Å². The molecule has 1 aliphatic rings. The predicted octanol–water partition coefficient (Wildman–Crippen LogP) is 1.67. The quantitative estimate of drug-likeness (QED) is 0.644. The van der Waals surface area contributed by atoms with Crippen molar-refractivity contribution in [2.24, 2.45) is 0 Å². The molecule has 1 fully saturated rings. The Labute approximate surface area is 127 Å². The van der Waals surface area contributed by atoms with E-state index < -0.39 is 20.5 Å². The van der Waals surface area contributed by atoms with Crippen LogP contribution in [0.1, 0.15) is 19.8 Å². The minimum absolute atomic E-state index is 0.144. The van der Waals surface area contributed by atoms with E-state index >= 15 is 0 Å². The summed E-state index contributed by atoms with van der Waals surface area (Å²) >= 11 is 5.89. The molecule has 1 aromatic rings. The van der Waals surface area contributed by atoms with Crippen LogP contribution in [0.5, 0.6) is 0 Å². The maximum absolute atomic E-state index is 12.4. The molecule has 1 aromatic carbocycles. The fourth-order valence-corrected chi connectivity index (χ4v) is 4.29. The van der Waals surface area contributed by atoms with E-state index in [0.29, 0.717) is 12.8 Å². The zero-order valence-corrected chi connectivity index (χ0v) is 13.0. The molecule has 2 rings (SSSR count). The number of piperidine rings is 1. The molecule has 1 heterocycles. The van der Waals surface area contributed by atoms with Gasteiger partial charge in [0.2, 0.25) is 10.0 Å². The summed E-state index contributed by atoms with van der Waals surface area (Å²) in [5.74, 6) is 0. The van der Waals surface area contributed by atoms with Gasteiger partial charge in [-0.25, -0.2) is 13.1 Å². The summed E-state index contributed by atoms with van der Waals surface area (Å²) in [6.45, 7) is 3.30. The normalized spacial score (nSPS) is 18.4. The average Bonchev–Trinajstić information content (AvgIpc) is 2.37. The van der Waals surface area contributed by atoms with Gasteiger partial charge >= 0.3 is 0 Å². The summed E-state index contributed by atoms with van der Waals surface area (Å²) in [5, 5.41) is 13.7. The standard InChI is InChI=1S/C12H16ClN3O4S/c1-12(4-6-14-7-5-12)15-21(19,20)11-3-2-9(16(17)18)8-10(11)13/h2-3,8,14-15H,4-7H2,1H3. The van der Waals surface area contributed by atoms with Crippen molar-refractivity contribution < 1.29 is 13.3 Å². The monoisotopic (exact) mass is 333 g/mol. The van der Waals surface area contributed by atoms with Crippen LogP contribution in [0, 0.1) is 10.1 Å². The highest BCUT2D eigenvalue weighted by Crippen LogP contribution is 2.28. The van der Waals surface area contributed by atoms with Gasteiger partial charge in [0.15, 0.2) is 0 Å². The van der Waals surface area contributed by atoms with Gasteiger partial charge in [-0.2, -0.15) is 0 Å². The van der Waals surface area contributed by atoms with E-state index in [9.17, 15) is 18.5 Å². The zero-order chi connectivity index (χ0) is 15.7. The SMILES string of the molecule is CC1(NS(=O)(=O)c2ccc([N+](=O)[O-])cc2Cl)CCNCC1. The summed E-state index contributed by atoms with van der Waals surface area (Å²) in [7, 11) is -3.82. The molecule has 0 amide bonds. The van der Waals surface area contributed by atoms with Crippen LogP contribution in [0.4, 0.5) is 5.69 Å². The van der Waals surface area contributed by atoms with E-state index in [1.807, 2.05) is 6.92 Å². The molecule has 2 N–H and O–H groups in total. The van der Waals surface area contributed by atoms with E-state index in [-0.39, 0.29) is 15.6 Å². The lowest BCUT2D eigenvalue weighted by molar-refractivity contribution is -0.384. The van der Waals surface area contributed by atoms with Crippen LogP contribution in [0.15, 0.2) is 23.1 Å². The summed E-state index contributed by atoms with van der Waals surface area (Å²) in [5.41, 5.74) is -0.790. The number of non-ortho nitro benzene ring substituents is 1. The molecule has 0 atom stereocenters. The summed E-state index contributed by atoms with van der Waals surface area (Å²) in [6, 6.07) is 3.33. The van der Waals surface area contributed by atoms with Gasteiger partial charge in [-0.1, -0.05) is 11.6 Å². The van der Waals surface area contributed by atoms with Crippen molar-refractivity contribution in [3.8, 4) is 0 Å². The fourth-order valence-electron chi connectivity index (χ4n) is 2.28. The van der Waals surface area contributed by atoms with Crippen molar-refractivity contribution in [2.45, 2.75) is 30.2 Å². The topological polar surface area (TPSA) is 101 Å². The van der Waals surface area contributed by atoms with Crippen LogP contribution in [0.25, 0.3) is 0 Å². The summed E-state index contributed by atoms with van der Waals surface area (Å²) < 4.78 is 27.5. The number of benzene rings is 1. The van der Waals surface area contributed by atoms with Crippen LogP contribution < -0.4 is 10.0 Å². The third-order valence-corrected chi connectivity index (χ3v) is 5.62. The fraction of sp³-hybridized carbons (Fsp3) is 0.500. The lowest BCUT2D eigenvalue weighted by Gasteiger charge is -2.34. The minimum atomic E-state index is -3.82. The molecule has 0 aliphatic carbocycles. The zero-order valence-electron chi connectivity index (χ0n) is 11.4. The predicted molar refractivity (Wildman–Crippen MR) is 78.9 cm³/mol. The molecule has 1 saturated heterocycles. The second-order valence-corrected chi connectivity index (χ2v) is 7.35. The first-order chi connectivity index (χ1) is 9.73. The second-order valence-electron chi connectivity index (χ2n) is 5.29. The Kier molecular flexibility index (Phi) is 4.52. The summed E-state index contributed by atoms with van der Waals surface area (Å²) in [6.07, 6.45) is 1.33. The number of nitro benzene ring substituents is 1. The molecule has 21 heavy (non-hydrogen) atoms. The van der Waals surface area contributed by atoms with Crippen LogP contribution in [0.3, 0.4) is 0 Å². The number of nitrogens with one attached hydrogen (secondary N) is 2. The molecule has 0 unspecified atom stereocenters. The lowest BCUT2D eigenvalue weighted by Crippen LogP contribution is -2.52. The maximum atomic E-state index is 12.4. The smallest absolute Gasteiger partial charge is 0.271 e. The molecule has 9 heteroatoms. The Morgan fingerprint density at radius 2 is 2.00 bits per heavy atom. The second kappa shape index (κ2) is 5.88. The average molecular weight is 334 g/mol. The molecule has 1 aliphatic heterocycles. The maximum Gasteiger partial charge on any atom is 0.271 e. The van der Waals surface area contributed by atoms with Crippen LogP contribution >= 0.6 is 11.6 Å². The number of nitro groups is 1. The van der Waals surface area contributed by atoms with Crippen molar-refractivity contribution in [1.82, 2.24) is 10.0 Å². The Morgan fingerprint density at radius 3 is 2.52 bits per heavy atom. The van der Waals surface area contributed by atoms with E-state index in [0.717, 1.165) is 31.3 Å². The molecule has 0 aromatic heterocycles. The molecule has 0 spiro atoms. The van der Waals surface area contributed by atoms with Gasteiger partial charge in [0.1, 0.15) is 4.90 Å². The molecule has 0 bridgehead atoms. The van der Waals surface area contributed by atoms with Crippen molar-refractivity contribution >= 4 is 27.3 Å². The van der Waals surface area contributed by atoms with E-state index in [1.54, 1.807) is 0 Å². The molecule has 116 valence electrons. The number of rotatable bonds is 4. The Balaban J connectivity index is 2.29. The highest BCUT2D eigenvalue weighted by Gasteiger charge is 2.33. The van der Waals surface area contributed by atoms with Crippen LogP contribution in [-0.2, 0) is 10.0 Å². The Morgan fingerprint density at radius 1 is 1.38 bits per heavy atom. The molecule has 7 nitrogen and oxygen atoms in total. The molecule has 0 saturated carbocycles. The first kappa shape index (κ1) is 16.2. The Hall–Kier alpha value is -1.22. The van der Waals surface area contributed by atoms with Crippen molar-refractivity contribution in [1.29, 1.82) is 0 Å². The number of sulfonamides is 1. The highest BCUT2D eigenvalue weighted by atomic mass is 35.5. The third-order valence-electron chi connectivity index (χ3n) is 3.50. The lowest BCUT2D eigenvalue weighted by atomic mass is 9.92. The van der Waals surface area contributed by atoms with Crippen LogP contribution in [0.2, 0.25) is 5.02 Å². The van der Waals surface area contributed by atoms with E-state index in [2.05, 4.69) is 10.0 Å². The van der Waals surface area contributed by atoms with Gasteiger partial charge in [0, 0.05) is 17.7 Å². The first-order valence-corrected chi connectivity index (χ1v) is 8.28. The largest absolute Gasteiger partial charge is 0.317 e. The number of nitrogens with zero attached hydrogens (tertiary/aromatic N) is 1. The third kappa shape index (κ3) is 3.70. The van der Waals surface area contributed by atoms with Gasteiger partial charge in [0.25, 0.3) is 5.69 Å². The Bertz CT molecular complexity index is 656.